The fourth-order valence-corrected chi connectivity index (χ4v) is 1.62. The molecular formula is C13H19N3O2. The van der Waals surface area contributed by atoms with Crippen molar-refractivity contribution in [3.63, 3.8) is 0 Å². The van der Waals surface area contributed by atoms with Gasteiger partial charge in [0.1, 0.15) is 0 Å². The topological polar surface area (TPSA) is 81.6 Å². The maximum absolute atomic E-state index is 12.3. The van der Waals surface area contributed by atoms with Crippen LogP contribution in [0.1, 0.15) is 10.4 Å². The van der Waals surface area contributed by atoms with Crippen molar-refractivity contribution >= 4 is 17.3 Å². The minimum Gasteiger partial charge on any atom is -0.399 e. The third kappa shape index (κ3) is 3.78. The summed E-state index contributed by atoms with van der Waals surface area (Å²) >= 11 is 0. The van der Waals surface area contributed by atoms with Gasteiger partial charge in [-0.1, -0.05) is 6.08 Å². The van der Waals surface area contributed by atoms with Crippen molar-refractivity contribution in [1.29, 1.82) is 0 Å². The van der Waals surface area contributed by atoms with Gasteiger partial charge in [0.15, 0.2) is 0 Å². The number of ether oxygens (including phenoxy) is 1. The number of nitrogen functional groups attached to an aromatic ring is 2. The molecule has 0 radical (unpaired) electrons. The lowest BCUT2D eigenvalue weighted by atomic mass is 10.1. The van der Waals surface area contributed by atoms with Gasteiger partial charge in [-0.3, -0.25) is 4.79 Å². The smallest absolute Gasteiger partial charge is 0.254 e. The number of nitrogens with zero attached hydrogens (tertiary/aromatic N) is 1. The van der Waals surface area contributed by atoms with E-state index in [1.165, 1.54) is 0 Å². The summed E-state index contributed by atoms with van der Waals surface area (Å²) in [5, 5.41) is 0. The molecule has 0 aromatic heterocycles. The quantitative estimate of drug-likeness (QED) is 0.585. The van der Waals surface area contributed by atoms with Crippen LogP contribution in [0.5, 0.6) is 0 Å². The highest BCUT2D eigenvalue weighted by molar-refractivity contribution is 5.96. The lowest BCUT2D eigenvalue weighted by molar-refractivity contribution is 0.0718. The van der Waals surface area contributed by atoms with Crippen LogP contribution in [0, 0.1) is 0 Å². The van der Waals surface area contributed by atoms with Crippen molar-refractivity contribution in [1.82, 2.24) is 4.90 Å². The molecule has 0 heterocycles. The Bertz CT molecular complexity index is 412. The first-order chi connectivity index (χ1) is 8.58. The molecular weight excluding hydrogens is 230 g/mol. The molecule has 0 spiro atoms. The van der Waals surface area contributed by atoms with Gasteiger partial charge in [0.2, 0.25) is 0 Å². The maximum atomic E-state index is 12.3. The van der Waals surface area contributed by atoms with Crippen LogP contribution in [0.3, 0.4) is 0 Å². The van der Waals surface area contributed by atoms with Gasteiger partial charge >= 0.3 is 0 Å². The van der Waals surface area contributed by atoms with Crippen LogP contribution >= 0.6 is 0 Å². The van der Waals surface area contributed by atoms with E-state index in [1.54, 1.807) is 36.3 Å². The average Bonchev–Trinajstić information content (AvgIpc) is 2.32. The fraction of sp³-hybridized carbons (Fsp3) is 0.308. The Balaban J connectivity index is 2.89. The van der Waals surface area contributed by atoms with E-state index in [1.807, 2.05) is 0 Å². The molecule has 1 aromatic rings. The summed E-state index contributed by atoms with van der Waals surface area (Å²) in [7, 11) is 1.59. The molecule has 1 rings (SSSR count). The lowest BCUT2D eigenvalue weighted by Gasteiger charge is -2.21. The molecule has 0 saturated heterocycles. The first-order valence-electron chi connectivity index (χ1n) is 5.63. The van der Waals surface area contributed by atoms with Crippen molar-refractivity contribution in [3.05, 3.63) is 36.4 Å². The van der Waals surface area contributed by atoms with Crippen LogP contribution < -0.4 is 11.5 Å². The van der Waals surface area contributed by atoms with E-state index in [0.29, 0.717) is 36.6 Å². The molecule has 18 heavy (non-hydrogen) atoms. The van der Waals surface area contributed by atoms with Crippen molar-refractivity contribution < 1.29 is 9.53 Å². The van der Waals surface area contributed by atoms with E-state index in [4.69, 9.17) is 16.2 Å². The first-order valence-corrected chi connectivity index (χ1v) is 5.63. The molecule has 98 valence electrons. The fourth-order valence-electron chi connectivity index (χ4n) is 1.62. The van der Waals surface area contributed by atoms with Crippen molar-refractivity contribution in [3.8, 4) is 0 Å². The summed E-state index contributed by atoms with van der Waals surface area (Å²) in [5.74, 6) is -0.133. The number of nitrogens with two attached hydrogens (primary N) is 2. The summed E-state index contributed by atoms with van der Waals surface area (Å²) in [6.07, 6.45) is 1.67. The Kier molecular flexibility index (Phi) is 5.20. The second kappa shape index (κ2) is 6.66. The van der Waals surface area contributed by atoms with Crippen molar-refractivity contribution in [2.24, 2.45) is 0 Å². The summed E-state index contributed by atoms with van der Waals surface area (Å²) < 4.78 is 4.97. The van der Waals surface area contributed by atoms with Crippen molar-refractivity contribution in [2.45, 2.75) is 0 Å². The molecule has 5 heteroatoms. The average molecular weight is 249 g/mol. The Morgan fingerprint density at radius 3 is 2.50 bits per heavy atom. The van der Waals surface area contributed by atoms with Gasteiger partial charge in [-0.05, 0) is 18.2 Å². The highest BCUT2D eigenvalue weighted by Crippen LogP contribution is 2.15. The molecule has 0 aliphatic carbocycles. The van der Waals surface area contributed by atoms with Crippen LogP contribution in [0.15, 0.2) is 30.9 Å². The number of benzene rings is 1. The minimum atomic E-state index is -0.133. The third-order valence-corrected chi connectivity index (χ3v) is 2.43. The minimum absolute atomic E-state index is 0.133. The summed E-state index contributed by atoms with van der Waals surface area (Å²) in [6, 6.07) is 4.84. The molecule has 0 saturated carbocycles. The number of anilines is 2. The van der Waals surface area contributed by atoms with Gasteiger partial charge < -0.3 is 21.1 Å². The lowest BCUT2D eigenvalue weighted by Crippen LogP contribution is -2.34. The number of methoxy groups -OCH3 is 1. The normalized spacial score (nSPS) is 10.1. The van der Waals surface area contributed by atoms with Crippen LogP contribution in [0.4, 0.5) is 11.4 Å². The highest BCUT2D eigenvalue weighted by Gasteiger charge is 2.15. The molecule has 0 bridgehead atoms. The molecule has 1 amide bonds. The Hall–Kier alpha value is -2.01. The molecule has 0 fully saturated rings. The van der Waals surface area contributed by atoms with E-state index >= 15 is 0 Å². The van der Waals surface area contributed by atoms with Crippen LogP contribution in [-0.4, -0.2) is 37.6 Å². The summed E-state index contributed by atoms with van der Waals surface area (Å²) in [5.41, 5.74) is 12.8. The monoisotopic (exact) mass is 249 g/mol. The SMILES string of the molecule is C=CCN(CCOC)C(=O)c1cc(N)cc(N)c1. The largest absolute Gasteiger partial charge is 0.399 e. The zero-order valence-electron chi connectivity index (χ0n) is 10.6. The number of carbonyl (C=O) groups excluding carboxylic acids is 1. The van der Waals surface area contributed by atoms with E-state index in [0.717, 1.165) is 0 Å². The van der Waals surface area contributed by atoms with Crippen LogP contribution in [-0.2, 0) is 4.74 Å². The zero-order chi connectivity index (χ0) is 13.5. The molecule has 0 unspecified atom stereocenters. The van der Waals surface area contributed by atoms with Gasteiger partial charge in [0, 0.05) is 37.1 Å². The zero-order valence-corrected chi connectivity index (χ0v) is 10.6. The second-order valence-corrected chi connectivity index (χ2v) is 3.92. The molecule has 5 nitrogen and oxygen atoms in total. The van der Waals surface area contributed by atoms with E-state index in [2.05, 4.69) is 6.58 Å². The van der Waals surface area contributed by atoms with Crippen LogP contribution in [0.2, 0.25) is 0 Å². The summed E-state index contributed by atoms with van der Waals surface area (Å²) in [6.45, 7) is 5.06. The summed E-state index contributed by atoms with van der Waals surface area (Å²) in [4.78, 5) is 13.9. The van der Waals surface area contributed by atoms with Gasteiger partial charge in [-0.15, -0.1) is 6.58 Å². The van der Waals surface area contributed by atoms with E-state index < -0.39 is 0 Å². The number of carbonyl (C=O) groups is 1. The Morgan fingerprint density at radius 1 is 1.39 bits per heavy atom. The standard InChI is InChI=1S/C13H19N3O2/c1-3-4-16(5-6-18-2)13(17)10-7-11(14)9-12(15)8-10/h3,7-9H,1,4-6,14-15H2,2H3. The third-order valence-electron chi connectivity index (χ3n) is 2.43. The first kappa shape index (κ1) is 14.1. The predicted molar refractivity (Wildman–Crippen MR) is 73.2 cm³/mol. The molecule has 0 atom stereocenters. The van der Waals surface area contributed by atoms with Gasteiger partial charge in [-0.2, -0.15) is 0 Å². The number of amides is 1. The number of hydrogen-bond acceptors (Lipinski definition) is 4. The van der Waals surface area contributed by atoms with E-state index in [-0.39, 0.29) is 5.91 Å². The van der Waals surface area contributed by atoms with Gasteiger partial charge in [-0.25, -0.2) is 0 Å². The Labute approximate surface area is 107 Å². The number of rotatable bonds is 6. The molecule has 0 aliphatic rings. The second-order valence-electron chi connectivity index (χ2n) is 3.92. The molecule has 0 aliphatic heterocycles. The van der Waals surface area contributed by atoms with Gasteiger partial charge in [0.05, 0.1) is 6.61 Å². The predicted octanol–water partition coefficient (Wildman–Crippen LogP) is 1.13. The molecule has 1 aromatic carbocycles. The molecule has 4 N–H and O–H groups in total. The van der Waals surface area contributed by atoms with E-state index in [9.17, 15) is 4.79 Å². The Morgan fingerprint density at radius 2 is 2.00 bits per heavy atom. The van der Waals surface area contributed by atoms with Crippen LogP contribution in [0.25, 0.3) is 0 Å². The highest BCUT2D eigenvalue weighted by atomic mass is 16.5. The van der Waals surface area contributed by atoms with Crippen molar-refractivity contribution in [2.75, 3.05) is 38.3 Å². The van der Waals surface area contributed by atoms with Gasteiger partial charge in [0.25, 0.3) is 5.91 Å². The maximum Gasteiger partial charge on any atom is 0.254 e. The number of hydrogen-bond donors (Lipinski definition) is 2.